The Labute approximate surface area is 150 Å². The van der Waals surface area contributed by atoms with Crippen LogP contribution in [0.3, 0.4) is 0 Å². The van der Waals surface area contributed by atoms with Crippen LogP contribution in [0.4, 0.5) is 4.79 Å². The molecule has 0 spiro atoms. The molecule has 6 heteroatoms. The van der Waals surface area contributed by atoms with Gasteiger partial charge in [0, 0.05) is 25.7 Å². The first kappa shape index (κ1) is 17.5. The molecule has 2 aromatic carbocycles. The summed E-state index contributed by atoms with van der Waals surface area (Å²) in [6.07, 6.45) is 1.54. The Bertz CT molecular complexity index is 980. The number of hydrogen-bond donors (Lipinski definition) is 0. The number of fused-ring (bicyclic) bond motifs is 2. The van der Waals surface area contributed by atoms with Crippen LogP contribution >= 0.6 is 11.3 Å². The van der Waals surface area contributed by atoms with Crippen LogP contribution in [0.15, 0.2) is 41.2 Å². The summed E-state index contributed by atoms with van der Waals surface area (Å²) in [4.78, 5) is 23.6. The van der Waals surface area contributed by atoms with E-state index in [-0.39, 0.29) is 11.3 Å². The fourth-order valence-corrected chi connectivity index (χ4v) is 3.93. The molecule has 0 saturated heterocycles. The van der Waals surface area contributed by atoms with Crippen molar-refractivity contribution in [2.24, 2.45) is 0 Å². The Morgan fingerprint density at radius 3 is 2.64 bits per heavy atom. The van der Waals surface area contributed by atoms with E-state index in [4.69, 9.17) is 9.47 Å². The van der Waals surface area contributed by atoms with Gasteiger partial charge in [0.05, 0.1) is 13.2 Å². The summed E-state index contributed by atoms with van der Waals surface area (Å²) < 4.78 is 12.7. The van der Waals surface area contributed by atoms with Crippen molar-refractivity contribution in [2.75, 3.05) is 13.2 Å². The number of hydrogen-bond acceptors (Lipinski definition) is 5. The number of unbranched alkanes of at least 4 members (excludes halogenated alkanes) is 1. The molecule has 0 fully saturated rings. The first-order chi connectivity index (χ1) is 12.1. The van der Waals surface area contributed by atoms with Crippen molar-refractivity contribution in [1.82, 2.24) is 0 Å². The molecule has 1 heterocycles. The van der Waals surface area contributed by atoms with Gasteiger partial charge in [-0.25, -0.2) is 0 Å². The minimum Gasteiger partial charge on any atom is -0.493 e. The number of rotatable bonds is 6. The molecular weight excluding hydrogens is 335 g/mol. The third kappa shape index (κ3) is 3.85. The molecule has 0 aliphatic rings. The van der Waals surface area contributed by atoms with E-state index in [1.165, 1.54) is 7.85 Å². The molecule has 0 saturated carbocycles. The highest BCUT2D eigenvalue weighted by Gasteiger charge is 2.11. The fraction of sp³-hybridized carbons (Fsp3) is 0.263. The Morgan fingerprint density at radius 2 is 1.84 bits per heavy atom. The Hall–Kier alpha value is -2.34. The van der Waals surface area contributed by atoms with Gasteiger partial charge in [0.1, 0.15) is 5.75 Å². The van der Waals surface area contributed by atoms with Crippen molar-refractivity contribution in [3.8, 4) is 5.75 Å². The molecule has 3 rings (SSSR count). The molecule has 0 radical (unpaired) electrons. The van der Waals surface area contributed by atoms with Crippen LogP contribution in [0.2, 0.25) is 0 Å². The normalized spacial score (nSPS) is 10.9. The van der Waals surface area contributed by atoms with Gasteiger partial charge in [0.2, 0.25) is 13.7 Å². The summed E-state index contributed by atoms with van der Waals surface area (Å²) in [6, 6.07) is 11.6. The topological polar surface area (TPSA) is 52.6 Å². The molecule has 0 aliphatic heterocycles. The number of benzene rings is 2. The smallest absolute Gasteiger partial charge is 0.243 e. The number of aryl methyl sites for hydroxylation is 1. The zero-order chi connectivity index (χ0) is 17.8. The second kappa shape index (κ2) is 7.70. The van der Waals surface area contributed by atoms with Crippen molar-refractivity contribution in [1.29, 1.82) is 0 Å². The maximum Gasteiger partial charge on any atom is 0.243 e. The monoisotopic (exact) mass is 354 g/mol. The van der Waals surface area contributed by atoms with Crippen molar-refractivity contribution < 1.29 is 14.3 Å². The Morgan fingerprint density at radius 1 is 1.08 bits per heavy atom. The van der Waals surface area contributed by atoms with Crippen LogP contribution in [0.5, 0.6) is 5.75 Å². The largest absolute Gasteiger partial charge is 0.493 e. The van der Waals surface area contributed by atoms with Crippen molar-refractivity contribution in [2.45, 2.75) is 19.8 Å². The lowest BCUT2D eigenvalue weighted by atomic mass is 10.1. The van der Waals surface area contributed by atoms with Crippen LogP contribution in [0, 0.1) is 6.92 Å². The quantitative estimate of drug-likeness (QED) is 0.385. The van der Waals surface area contributed by atoms with Gasteiger partial charge in [-0.05, 0) is 44.0 Å². The van der Waals surface area contributed by atoms with E-state index in [9.17, 15) is 9.59 Å². The van der Waals surface area contributed by atoms with Crippen LogP contribution in [-0.4, -0.2) is 26.9 Å². The second-order valence-corrected chi connectivity index (χ2v) is 6.97. The van der Waals surface area contributed by atoms with Gasteiger partial charge in [-0.2, -0.15) is 0 Å². The summed E-state index contributed by atoms with van der Waals surface area (Å²) in [7, 11) is 1.40. The van der Waals surface area contributed by atoms with Crippen LogP contribution in [-0.2, 0) is 4.74 Å². The molecule has 0 bridgehead atoms. The van der Waals surface area contributed by atoms with E-state index >= 15 is 0 Å². The molecular formula is C19H19BO4S. The summed E-state index contributed by atoms with van der Waals surface area (Å²) in [5.74, 6) is 0.474. The van der Waals surface area contributed by atoms with E-state index in [1.54, 1.807) is 11.3 Å². The molecule has 0 unspecified atom stereocenters. The predicted octanol–water partition coefficient (Wildman–Crippen LogP) is 3.65. The van der Waals surface area contributed by atoms with Crippen molar-refractivity contribution in [3.05, 3.63) is 52.2 Å². The average molecular weight is 354 g/mol. The summed E-state index contributed by atoms with van der Waals surface area (Å²) in [5, 5.41) is 1.49. The highest BCUT2D eigenvalue weighted by Crippen LogP contribution is 2.31. The summed E-state index contributed by atoms with van der Waals surface area (Å²) in [6.45, 7) is 2.87. The van der Waals surface area contributed by atoms with E-state index < -0.39 is 0 Å². The van der Waals surface area contributed by atoms with Gasteiger partial charge in [-0.15, -0.1) is 11.3 Å². The van der Waals surface area contributed by atoms with Gasteiger partial charge < -0.3 is 9.47 Å². The van der Waals surface area contributed by atoms with Gasteiger partial charge in [0.15, 0.2) is 5.43 Å². The molecule has 0 atom stereocenters. The molecule has 4 nitrogen and oxygen atoms in total. The molecule has 0 aliphatic carbocycles. The molecule has 3 aromatic rings. The zero-order valence-electron chi connectivity index (χ0n) is 14.3. The standard InChI is InChI=1S/C19H19BO4S/c1-12-14(23-10-4-5-11-24-19(20)22)8-9-16-17(12)18(21)13-6-2-3-7-15(13)25-16/h2-3,6-9H,4-5,10-11,20H2,1H3. The molecule has 1 aromatic heterocycles. The lowest BCUT2D eigenvalue weighted by Gasteiger charge is -2.11. The van der Waals surface area contributed by atoms with Gasteiger partial charge >= 0.3 is 0 Å². The van der Waals surface area contributed by atoms with Crippen molar-refractivity contribution >= 4 is 45.2 Å². The molecule has 0 N–H and O–H groups in total. The van der Waals surface area contributed by atoms with E-state index in [1.807, 2.05) is 43.3 Å². The minimum atomic E-state index is -0.261. The first-order valence-corrected chi connectivity index (χ1v) is 9.11. The van der Waals surface area contributed by atoms with Crippen LogP contribution in [0.25, 0.3) is 20.2 Å². The minimum absolute atomic E-state index is 0.0576. The maximum absolute atomic E-state index is 12.8. The number of carbonyl (C=O) groups is 1. The lowest BCUT2D eigenvalue weighted by molar-refractivity contribution is 0.167. The third-order valence-corrected chi connectivity index (χ3v) is 5.19. The van der Waals surface area contributed by atoms with E-state index in [0.29, 0.717) is 13.2 Å². The van der Waals surface area contributed by atoms with E-state index in [0.717, 1.165) is 44.3 Å². The Kier molecular flexibility index (Phi) is 5.39. The van der Waals surface area contributed by atoms with Gasteiger partial charge in [0.25, 0.3) is 0 Å². The summed E-state index contributed by atoms with van der Waals surface area (Å²) in [5.41, 5.74) is 0.937. The van der Waals surface area contributed by atoms with Crippen molar-refractivity contribution in [3.63, 3.8) is 0 Å². The SMILES string of the molecule is BC(=O)OCCCCOc1ccc2sc3ccccc3c(=O)c2c1C. The van der Waals surface area contributed by atoms with E-state index in [2.05, 4.69) is 0 Å². The molecule has 128 valence electrons. The molecule has 25 heavy (non-hydrogen) atoms. The Balaban J connectivity index is 1.80. The van der Waals surface area contributed by atoms with Crippen LogP contribution in [0.1, 0.15) is 18.4 Å². The summed E-state index contributed by atoms with van der Waals surface area (Å²) >= 11 is 1.62. The van der Waals surface area contributed by atoms with Crippen LogP contribution < -0.4 is 10.2 Å². The average Bonchev–Trinajstić information content (AvgIpc) is 2.59. The third-order valence-electron chi connectivity index (χ3n) is 4.06. The highest BCUT2D eigenvalue weighted by atomic mass is 32.1. The van der Waals surface area contributed by atoms with Gasteiger partial charge in [-0.1, -0.05) is 12.1 Å². The molecule has 0 amide bonds. The number of carbonyl (C=O) groups excluding carboxylic acids is 1. The number of ether oxygens (including phenoxy) is 2. The second-order valence-electron chi connectivity index (χ2n) is 5.88. The lowest BCUT2D eigenvalue weighted by Crippen LogP contribution is -2.07. The maximum atomic E-state index is 12.8. The fourth-order valence-electron chi connectivity index (χ4n) is 2.79. The highest BCUT2D eigenvalue weighted by molar-refractivity contribution is 7.24. The predicted molar refractivity (Wildman–Crippen MR) is 105 cm³/mol. The zero-order valence-corrected chi connectivity index (χ0v) is 15.2. The first-order valence-electron chi connectivity index (χ1n) is 8.29. The van der Waals surface area contributed by atoms with Gasteiger partial charge in [-0.3, -0.25) is 9.59 Å².